The van der Waals surface area contributed by atoms with E-state index in [1.165, 1.54) is 0 Å². The Labute approximate surface area is 228 Å². The Morgan fingerprint density at radius 2 is 1.79 bits per heavy atom. The van der Waals surface area contributed by atoms with Gasteiger partial charge in [-0.3, -0.25) is 9.71 Å². The standard InChI is InChI=1S/C28H30N6O2S2/c1-17-9-12-25(30-16-17)33-19(3)15-22(20(33)4)27-26(24-8-6-7-13-29-24)31-28(37)34(27)21-10-11-23(18(2)14-21)32-38(5,35)36/h6-16,26-27,32H,1-5H3,(H,31,37)/t26-,27-/m1/s1. The number of pyridine rings is 2. The minimum absolute atomic E-state index is 0.197. The Bertz CT molecular complexity index is 1620. The van der Waals surface area contributed by atoms with Crippen LogP contribution in [0.1, 0.15) is 45.9 Å². The van der Waals surface area contributed by atoms with Crippen molar-refractivity contribution in [2.75, 3.05) is 15.9 Å². The number of anilines is 2. The first-order valence-electron chi connectivity index (χ1n) is 12.2. The highest BCUT2D eigenvalue weighted by Gasteiger charge is 2.42. The highest BCUT2D eigenvalue weighted by atomic mass is 32.2. The van der Waals surface area contributed by atoms with Crippen molar-refractivity contribution in [3.8, 4) is 5.82 Å². The van der Waals surface area contributed by atoms with Crippen LogP contribution in [0.25, 0.3) is 5.82 Å². The molecule has 0 bridgehead atoms. The lowest BCUT2D eigenvalue weighted by molar-refractivity contribution is 0.565. The van der Waals surface area contributed by atoms with Crippen LogP contribution in [0.3, 0.4) is 0 Å². The lowest BCUT2D eigenvalue weighted by Crippen LogP contribution is -2.29. The fraction of sp³-hybridized carbons (Fsp3) is 0.250. The zero-order valence-corrected chi connectivity index (χ0v) is 23.6. The van der Waals surface area contributed by atoms with Crippen molar-refractivity contribution in [2.45, 2.75) is 39.8 Å². The van der Waals surface area contributed by atoms with E-state index in [9.17, 15) is 8.42 Å². The monoisotopic (exact) mass is 546 g/mol. The molecule has 1 aliphatic rings. The second-order valence-corrected chi connectivity index (χ2v) is 11.9. The highest BCUT2D eigenvalue weighted by Crippen LogP contribution is 2.44. The van der Waals surface area contributed by atoms with Gasteiger partial charge in [0, 0.05) is 29.5 Å². The van der Waals surface area contributed by atoms with Gasteiger partial charge >= 0.3 is 0 Å². The van der Waals surface area contributed by atoms with E-state index in [0.29, 0.717) is 10.8 Å². The van der Waals surface area contributed by atoms with Gasteiger partial charge in [0.05, 0.1) is 29.7 Å². The third-order valence-corrected chi connectivity index (χ3v) is 7.70. The van der Waals surface area contributed by atoms with Crippen molar-refractivity contribution >= 4 is 38.7 Å². The van der Waals surface area contributed by atoms with Crippen LogP contribution in [0.15, 0.2) is 67.0 Å². The molecule has 0 aliphatic carbocycles. The van der Waals surface area contributed by atoms with Gasteiger partial charge in [-0.15, -0.1) is 0 Å². The second-order valence-electron chi connectivity index (χ2n) is 9.73. The number of nitrogens with zero attached hydrogens (tertiary/aromatic N) is 4. The number of sulfonamides is 1. The summed E-state index contributed by atoms with van der Waals surface area (Å²) >= 11 is 5.89. The summed E-state index contributed by atoms with van der Waals surface area (Å²) in [6.07, 6.45) is 4.80. The van der Waals surface area contributed by atoms with Gasteiger partial charge in [-0.05, 0) is 99.1 Å². The summed E-state index contributed by atoms with van der Waals surface area (Å²) in [6.45, 7) is 8.08. The highest BCUT2D eigenvalue weighted by molar-refractivity contribution is 7.92. The summed E-state index contributed by atoms with van der Waals surface area (Å²) in [6, 6.07) is 17.4. The largest absolute Gasteiger partial charge is 0.351 e. The Hall–Kier alpha value is -3.76. The number of nitrogens with one attached hydrogen (secondary N) is 2. The topological polar surface area (TPSA) is 92.2 Å². The Balaban J connectivity index is 1.65. The summed E-state index contributed by atoms with van der Waals surface area (Å²) in [5.74, 6) is 0.860. The van der Waals surface area contributed by atoms with Crippen LogP contribution in [0, 0.1) is 27.7 Å². The van der Waals surface area contributed by atoms with Crippen LogP contribution in [-0.2, 0) is 10.0 Å². The Morgan fingerprint density at radius 1 is 1.00 bits per heavy atom. The lowest BCUT2D eigenvalue weighted by atomic mass is 9.96. The third kappa shape index (κ3) is 4.89. The summed E-state index contributed by atoms with van der Waals surface area (Å²) in [7, 11) is -3.40. The predicted octanol–water partition coefficient (Wildman–Crippen LogP) is 5.05. The van der Waals surface area contributed by atoms with Crippen molar-refractivity contribution in [1.29, 1.82) is 0 Å². The normalized spacial score (nSPS) is 17.5. The number of rotatable bonds is 6. The first-order valence-corrected chi connectivity index (χ1v) is 14.5. The molecular formula is C28H30N6O2S2. The van der Waals surface area contributed by atoms with Gasteiger partial charge in [0.2, 0.25) is 10.0 Å². The molecule has 4 aromatic rings. The molecule has 0 amide bonds. The van der Waals surface area contributed by atoms with Crippen LogP contribution < -0.4 is 14.9 Å². The average Bonchev–Trinajstić information content (AvgIpc) is 3.36. The van der Waals surface area contributed by atoms with Crippen molar-refractivity contribution in [1.82, 2.24) is 19.9 Å². The number of hydrogen-bond donors (Lipinski definition) is 2. The first-order chi connectivity index (χ1) is 18.0. The van der Waals surface area contributed by atoms with E-state index < -0.39 is 10.0 Å². The van der Waals surface area contributed by atoms with E-state index in [4.69, 9.17) is 12.2 Å². The van der Waals surface area contributed by atoms with Crippen LogP contribution in [0.4, 0.5) is 11.4 Å². The van der Waals surface area contributed by atoms with Gasteiger partial charge in [0.15, 0.2) is 5.11 Å². The zero-order valence-electron chi connectivity index (χ0n) is 21.9. The van der Waals surface area contributed by atoms with E-state index in [1.807, 2.05) is 56.4 Å². The second kappa shape index (κ2) is 9.85. The van der Waals surface area contributed by atoms with Crippen molar-refractivity contribution in [3.63, 3.8) is 0 Å². The molecule has 0 unspecified atom stereocenters. The number of aryl methyl sites for hydroxylation is 3. The molecule has 1 aromatic carbocycles. The van der Waals surface area contributed by atoms with Gasteiger partial charge in [0.1, 0.15) is 5.82 Å². The molecule has 0 spiro atoms. The molecule has 38 heavy (non-hydrogen) atoms. The number of benzene rings is 1. The van der Waals surface area contributed by atoms with E-state index in [-0.39, 0.29) is 12.1 Å². The molecule has 0 saturated carbocycles. The molecule has 1 saturated heterocycles. The summed E-state index contributed by atoms with van der Waals surface area (Å²) in [5.41, 5.74) is 7.41. The molecule has 1 aliphatic heterocycles. The minimum atomic E-state index is -3.40. The Kier molecular flexibility index (Phi) is 6.70. The third-order valence-electron chi connectivity index (χ3n) is 6.80. The minimum Gasteiger partial charge on any atom is -0.351 e. The van der Waals surface area contributed by atoms with Gasteiger partial charge in [-0.25, -0.2) is 13.4 Å². The molecular weight excluding hydrogens is 516 g/mol. The Morgan fingerprint density at radius 3 is 2.42 bits per heavy atom. The van der Waals surface area contributed by atoms with Gasteiger partial charge in [-0.1, -0.05) is 12.1 Å². The van der Waals surface area contributed by atoms with E-state index >= 15 is 0 Å². The van der Waals surface area contributed by atoms with Crippen molar-refractivity contribution in [3.05, 3.63) is 101 Å². The molecule has 5 rings (SSSR count). The van der Waals surface area contributed by atoms with Crippen molar-refractivity contribution in [2.24, 2.45) is 0 Å². The molecule has 196 valence electrons. The molecule has 2 N–H and O–H groups in total. The van der Waals surface area contributed by atoms with E-state index in [1.54, 1.807) is 12.3 Å². The fourth-order valence-corrected chi connectivity index (χ4v) is 6.07. The van der Waals surface area contributed by atoms with E-state index in [2.05, 4.69) is 55.5 Å². The van der Waals surface area contributed by atoms with Gasteiger partial charge in [0.25, 0.3) is 0 Å². The molecule has 2 atom stereocenters. The first kappa shape index (κ1) is 25.9. The van der Waals surface area contributed by atoms with Crippen LogP contribution in [-0.4, -0.2) is 34.3 Å². The quantitative estimate of drug-likeness (QED) is 0.327. The molecule has 10 heteroatoms. The smallest absolute Gasteiger partial charge is 0.229 e. The predicted molar refractivity (Wildman–Crippen MR) is 155 cm³/mol. The maximum atomic E-state index is 11.8. The molecule has 3 aromatic heterocycles. The summed E-state index contributed by atoms with van der Waals surface area (Å²) in [5, 5.41) is 4.08. The zero-order chi connectivity index (χ0) is 27.2. The molecule has 1 fully saturated rings. The maximum Gasteiger partial charge on any atom is 0.229 e. The van der Waals surface area contributed by atoms with E-state index in [0.717, 1.165) is 51.5 Å². The molecule has 4 heterocycles. The SMILES string of the molecule is Cc1ccc(-n2c(C)cc([C@@H]3[C@@H](c4ccccn4)NC(=S)N3c3ccc(NS(C)(=O)=O)c(C)c3)c2C)nc1. The lowest BCUT2D eigenvalue weighted by Gasteiger charge is -2.28. The maximum absolute atomic E-state index is 11.8. The fourth-order valence-electron chi connectivity index (χ4n) is 5.09. The average molecular weight is 547 g/mol. The van der Waals surface area contributed by atoms with Gasteiger partial charge in [-0.2, -0.15) is 0 Å². The summed E-state index contributed by atoms with van der Waals surface area (Å²) < 4.78 is 28.4. The molecule has 8 nitrogen and oxygen atoms in total. The number of hydrogen-bond acceptors (Lipinski definition) is 5. The van der Waals surface area contributed by atoms with Crippen LogP contribution >= 0.6 is 12.2 Å². The van der Waals surface area contributed by atoms with Crippen LogP contribution in [0.5, 0.6) is 0 Å². The molecule has 0 radical (unpaired) electrons. The number of thiocarbonyl (C=S) groups is 1. The number of aromatic nitrogens is 3. The summed E-state index contributed by atoms with van der Waals surface area (Å²) in [4.78, 5) is 11.4. The van der Waals surface area contributed by atoms with Gasteiger partial charge < -0.3 is 14.8 Å². The van der Waals surface area contributed by atoms with Crippen LogP contribution in [0.2, 0.25) is 0 Å². The van der Waals surface area contributed by atoms with Crippen molar-refractivity contribution < 1.29 is 8.42 Å².